The van der Waals surface area contributed by atoms with Gasteiger partial charge < -0.3 is 10.1 Å². The Bertz CT molecular complexity index is 1410. The highest BCUT2D eigenvalue weighted by molar-refractivity contribution is 7.93. The lowest BCUT2D eigenvalue weighted by molar-refractivity contribution is -0.120. The fraction of sp³-hybridized carbons (Fsp3) is 0.375. The summed E-state index contributed by atoms with van der Waals surface area (Å²) >= 11 is 0. The summed E-state index contributed by atoms with van der Waals surface area (Å²) in [5, 5.41) is 2.18. The van der Waals surface area contributed by atoms with Gasteiger partial charge in [0.2, 0.25) is 27.8 Å². The minimum Gasteiger partial charge on any atom is -0.477 e. The van der Waals surface area contributed by atoms with E-state index < -0.39 is 32.4 Å². The number of nitrogens with one attached hydrogen (secondary N) is 2. The van der Waals surface area contributed by atoms with Gasteiger partial charge in [-0.1, -0.05) is 0 Å². The quantitative estimate of drug-likeness (QED) is 0.442. The zero-order valence-electron chi connectivity index (χ0n) is 20.4. The number of aromatic nitrogens is 4. The molecular weight excluding hydrogens is 487 g/mol. The summed E-state index contributed by atoms with van der Waals surface area (Å²) in [4.78, 5) is 29.8. The maximum Gasteiger partial charge on any atom is 0.237 e. The minimum atomic E-state index is -3.56. The van der Waals surface area contributed by atoms with Crippen LogP contribution in [-0.2, 0) is 20.2 Å². The molecule has 0 saturated heterocycles. The Balaban J connectivity index is 1.55. The van der Waals surface area contributed by atoms with Gasteiger partial charge in [-0.15, -0.1) is 0 Å². The lowest BCUT2D eigenvalue weighted by Crippen LogP contribution is -2.36. The number of anilines is 2. The number of ether oxygens (including phenoxy) is 1. The molecule has 0 aliphatic heterocycles. The Morgan fingerprint density at radius 1 is 1.22 bits per heavy atom. The van der Waals surface area contributed by atoms with Crippen molar-refractivity contribution in [2.75, 3.05) is 16.6 Å². The summed E-state index contributed by atoms with van der Waals surface area (Å²) in [5.74, 6) is -0.954. The topological polar surface area (TPSA) is 136 Å². The van der Waals surface area contributed by atoms with Crippen LogP contribution >= 0.6 is 0 Å². The first-order valence-electron chi connectivity index (χ1n) is 11.4. The maximum atomic E-state index is 15.1. The van der Waals surface area contributed by atoms with Crippen molar-refractivity contribution >= 4 is 27.6 Å². The van der Waals surface area contributed by atoms with E-state index in [1.807, 2.05) is 6.92 Å². The number of amides is 1. The third-order valence-corrected chi connectivity index (χ3v) is 7.62. The molecule has 0 spiro atoms. The smallest absolute Gasteiger partial charge is 0.237 e. The van der Waals surface area contributed by atoms with E-state index in [4.69, 9.17) is 4.74 Å². The summed E-state index contributed by atoms with van der Waals surface area (Å²) in [6, 6.07) is 4.32. The lowest BCUT2D eigenvalue weighted by atomic mass is 9.87. The summed E-state index contributed by atoms with van der Waals surface area (Å²) in [5.41, 5.74) is 0.678. The molecule has 1 amide bonds. The number of rotatable bonds is 9. The molecule has 4 rings (SSSR count). The molecule has 12 heteroatoms. The first-order chi connectivity index (χ1) is 17.0. The largest absolute Gasteiger partial charge is 0.477 e. The van der Waals surface area contributed by atoms with Gasteiger partial charge >= 0.3 is 0 Å². The van der Waals surface area contributed by atoms with E-state index in [2.05, 4.69) is 30.0 Å². The van der Waals surface area contributed by atoms with Crippen molar-refractivity contribution in [2.24, 2.45) is 0 Å². The van der Waals surface area contributed by atoms with E-state index in [-0.39, 0.29) is 17.3 Å². The molecule has 3 aromatic rings. The monoisotopic (exact) mass is 514 g/mol. The Labute approximate surface area is 208 Å². The fourth-order valence-corrected chi connectivity index (χ4v) is 4.76. The maximum absolute atomic E-state index is 15.1. The van der Waals surface area contributed by atoms with Gasteiger partial charge in [0.1, 0.15) is 5.82 Å². The molecule has 2 aromatic heterocycles. The van der Waals surface area contributed by atoms with Crippen LogP contribution in [0.4, 0.5) is 16.0 Å². The van der Waals surface area contributed by atoms with Gasteiger partial charge in [0, 0.05) is 11.8 Å². The zero-order chi connectivity index (χ0) is 26.1. The molecule has 2 N–H and O–H groups in total. The van der Waals surface area contributed by atoms with Gasteiger partial charge in [0.25, 0.3) is 0 Å². The van der Waals surface area contributed by atoms with E-state index >= 15 is 4.39 Å². The third kappa shape index (κ3) is 5.43. The number of nitrogens with zero attached hydrogens (tertiary/aromatic N) is 4. The van der Waals surface area contributed by atoms with Crippen LogP contribution < -0.4 is 14.8 Å². The van der Waals surface area contributed by atoms with E-state index in [0.717, 1.165) is 0 Å². The molecule has 1 aliphatic rings. The Kier molecular flexibility index (Phi) is 6.90. The van der Waals surface area contributed by atoms with E-state index in [0.29, 0.717) is 42.1 Å². The Morgan fingerprint density at radius 2 is 1.97 bits per heavy atom. The van der Waals surface area contributed by atoms with Crippen molar-refractivity contribution in [3.8, 4) is 17.1 Å². The number of aryl methyl sites for hydroxylation is 1. The van der Waals surface area contributed by atoms with Crippen molar-refractivity contribution in [3.63, 3.8) is 0 Å². The number of carbonyl (C=O) groups is 1. The SMILES string of the molecule is CCOc1cncc(-c2cc(F)c(NC(=O)C(C)(C)c3ccnc(NS(=O)(=O)C4CC4)n3)cc2C)n1. The second-order valence-electron chi connectivity index (χ2n) is 9.01. The highest BCUT2D eigenvalue weighted by Crippen LogP contribution is 2.31. The molecule has 1 fully saturated rings. The van der Waals surface area contributed by atoms with Crippen LogP contribution in [0.25, 0.3) is 11.3 Å². The Hall–Kier alpha value is -3.67. The molecule has 0 radical (unpaired) electrons. The van der Waals surface area contributed by atoms with Gasteiger partial charge in [-0.3, -0.25) is 14.5 Å². The highest BCUT2D eigenvalue weighted by Gasteiger charge is 2.37. The number of benzene rings is 1. The molecule has 1 aliphatic carbocycles. The van der Waals surface area contributed by atoms with Crippen LogP contribution in [0.1, 0.15) is 44.9 Å². The van der Waals surface area contributed by atoms with Crippen molar-refractivity contribution in [3.05, 3.63) is 53.9 Å². The standard InChI is InChI=1S/C24H27FN6O4S/c1-5-35-21-13-26-12-19(28-21)16-11-17(25)18(10-14(16)2)29-22(32)24(3,4)20-8-9-27-23(30-20)31-36(33,34)15-6-7-15/h8-13,15H,5-7H2,1-4H3,(H,29,32)(H,27,30,31). The molecule has 0 bridgehead atoms. The van der Waals surface area contributed by atoms with Crippen LogP contribution in [0.5, 0.6) is 5.88 Å². The summed E-state index contributed by atoms with van der Waals surface area (Å²) in [6.07, 6.45) is 5.55. The minimum absolute atomic E-state index is 0.00744. The first-order valence-corrected chi connectivity index (χ1v) is 13.0. The zero-order valence-corrected chi connectivity index (χ0v) is 21.2. The molecule has 190 valence electrons. The number of sulfonamides is 1. The van der Waals surface area contributed by atoms with Crippen LogP contribution in [-0.4, -0.2) is 46.1 Å². The van der Waals surface area contributed by atoms with Crippen molar-refractivity contribution in [1.29, 1.82) is 0 Å². The normalized spacial score (nSPS) is 13.8. The molecule has 36 heavy (non-hydrogen) atoms. The highest BCUT2D eigenvalue weighted by atomic mass is 32.2. The van der Waals surface area contributed by atoms with E-state index in [1.165, 1.54) is 36.8 Å². The summed E-state index contributed by atoms with van der Waals surface area (Å²) in [6.45, 7) is 7.24. The molecule has 10 nitrogen and oxygen atoms in total. The number of hydrogen-bond acceptors (Lipinski definition) is 8. The molecule has 2 heterocycles. The Morgan fingerprint density at radius 3 is 2.67 bits per heavy atom. The van der Waals surface area contributed by atoms with Gasteiger partial charge in [0.05, 0.1) is 46.7 Å². The average molecular weight is 515 g/mol. The van der Waals surface area contributed by atoms with Gasteiger partial charge in [0.15, 0.2) is 0 Å². The predicted octanol–water partition coefficient (Wildman–Crippen LogP) is 3.60. The van der Waals surface area contributed by atoms with E-state index in [9.17, 15) is 13.2 Å². The number of carbonyl (C=O) groups excluding carboxylic acids is 1. The van der Waals surface area contributed by atoms with Crippen LogP contribution in [0.3, 0.4) is 0 Å². The predicted molar refractivity (Wildman–Crippen MR) is 133 cm³/mol. The van der Waals surface area contributed by atoms with Gasteiger partial charge in [-0.25, -0.2) is 27.8 Å². The molecule has 1 saturated carbocycles. The molecular formula is C24H27FN6O4S. The van der Waals surface area contributed by atoms with Gasteiger partial charge in [-0.2, -0.15) is 0 Å². The van der Waals surface area contributed by atoms with Crippen molar-refractivity contribution < 1.29 is 22.3 Å². The van der Waals surface area contributed by atoms with Crippen molar-refractivity contribution in [2.45, 2.75) is 51.2 Å². The van der Waals surface area contributed by atoms with Crippen LogP contribution in [0.2, 0.25) is 0 Å². The lowest BCUT2D eigenvalue weighted by Gasteiger charge is -2.24. The van der Waals surface area contributed by atoms with Gasteiger partial charge in [-0.05, 0) is 64.3 Å². The summed E-state index contributed by atoms with van der Waals surface area (Å²) < 4.78 is 47.2. The average Bonchev–Trinajstić information content (AvgIpc) is 3.68. The second-order valence-corrected chi connectivity index (χ2v) is 11.0. The van der Waals surface area contributed by atoms with E-state index in [1.54, 1.807) is 20.8 Å². The first kappa shape index (κ1) is 25.4. The molecule has 1 aromatic carbocycles. The molecule has 0 atom stereocenters. The second kappa shape index (κ2) is 9.76. The third-order valence-electron chi connectivity index (χ3n) is 5.80. The fourth-order valence-electron chi connectivity index (χ4n) is 3.49. The number of hydrogen-bond donors (Lipinski definition) is 2. The molecule has 0 unspecified atom stereocenters. The van der Waals surface area contributed by atoms with Crippen molar-refractivity contribution in [1.82, 2.24) is 19.9 Å². The number of halogens is 1. The van der Waals surface area contributed by atoms with Crippen LogP contribution in [0.15, 0.2) is 36.8 Å². The summed E-state index contributed by atoms with van der Waals surface area (Å²) in [7, 11) is -3.56. The van der Waals surface area contributed by atoms with Crippen LogP contribution in [0, 0.1) is 12.7 Å².